The summed E-state index contributed by atoms with van der Waals surface area (Å²) in [5, 5.41) is 6.87. The van der Waals surface area contributed by atoms with Crippen LogP contribution in [0.3, 0.4) is 0 Å². The summed E-state index contributed by atoms with van der Waals surface area (Å²) >= 11 is 0. The van der Waals surface area contributed by atoms with Crippen LogP contribution in [0, 0.1) is 0 Å². The Hall–Kier alpha value is -2.73. The predicted octanol–water partition coefficient (Wildman–Crippen LogP) is 3.56. The molecule has 0 aliphatic carbocycles. The number of hydrogen-bond acceptors (Lipinski definition) is 5. The van der Waals surface area contributed by atoms with E-state index in [1.54, 1.807) is 14.2 Å². The molecule has 1 saturated heterocycles. The maximum Gasteiger partial charge on any atom is 0.222 e. The highest BCUT2D eigenvalue weighted by molar-refractivity contribution is 5.79. The first-order chi connectivity index (χ1) is 14.6. The molecule has 2 heterocycles. The van der Waals surface area contributed by atoms with Gasteiger partial charge in [-0.2, -0.15) is 0 Å². The van der Waals surface area contributed by atoms with Gasteiger partial charge in [-0.1, -0.05) is 18.2 Å². The van der Waals surface area contributed by atoms with Gasteiger partial charge in [-0.3, -0.25) is 9.69 Å². The first-order valence-corrected chi connectivity index (χ1v) is 10.7. The van der Waals surface area contributed by atoms with Crippen LogP contribution in [0.15, 0.2) is 42.5 Å². The second-order valence-corrected chi connectivity index (χ2v) is 8.37. The van der Waals surface area contributed by atoms with Crippen molar-refractivity contribution in [1.82, 2.24) is 10.2 Å². The normalized spacial score (nSPS) is 22.1. The van der Waals surface area contributed by atoms with Gasteiger partial charge in [0.05, 0.1) is 14.2 Å². The number of benzene rings is 2. The van der Waals surface area contributed by atoms with Crippen LogP contribution in [-0.4, -0.2) is 43.7 Å². The van der Waals surface area contributed by atoms with Crippen molar-refractivity contribution in [3.63, 3.8) is 0 Å². The topological polar surface area (TPSA) is 62.8 Å². The number of ether oxygens (including phenoxy) is 2. The highest BCUT2D eigenvalue weighted by atomic mass is 16.5. The lowest BCUT2D eigenvalue weighted by molar-refractivity contribution is -0.122. The van der Waals surface area contributed by atoms with Gasteiger partial charge in [-0.15, -0.1) is 0 Å². The van der Waals surface area contributed by atoms with E-state index in [2.05, 4.69) is 45.9 Å². The molecule has 1 spiro atoms. The van der Waals surface area contributed by atoms with Crippen molar-refractivity contribution >= 4 is 11.6 Å². The van der Waals surface area contributed by atoms with Crippen molar-refractivity contribution in [3.8, 4) is 11.5 Å². The molecule has 0 bridgehead atoms. The molecule has 30 heavy (non-hydrogen) atoms. The first-order valence-electron chi connectivity index (χ1n) is 10.7. The third-order valence-corrected chi connectivity index (χ3v) is 6.25. The average molecular weight is 410 g/mol. The van der Waals surface area contributed by atoms with Crippen LogP contribution in [0.25, 0.3) is 0 Å². The van der Waals surface area contributed by atoms with Crippen molar-refractivity contribution in [1.29, 1.82) is 0 Å². The molecule has 1 atom stereocenters. The number of anilines is 1. The molecule has 2 aromatic rings. The van der Waals surface area contributed by atoms with Gasteiger partial charge < -0.3 is 20.1 Å². The number of nitrogens with zero attached hydrogens (tertiary/aromatic N) is 1. The number of fused-ring (bicyclic) bond motifs is 1. The molecule has 2 aliphatic rings. The molecule has 2 aliphatic heterocycles. The molecular weight excluding hydrogens is 378 g/mol. The van der Waals surface area contributed by atoms with Crippen molar-refractivity contribution in [2.24, 2.45) is 0 Å². The van der Waals surface area contributed by atoms with Crippen LogP contribution in [0.2, 0.25) is 0 Å². The molecule has 1 unspecified atom stereocenters. The Morgan fingerprint density at radius 3 is 2.57 bits per heavy atom. The molecule has 0 aromatic heterocycles. The second-order valence-electron chi connectivity index (χ2n) is 8.37. The van der Waals surface area contributed by atoms with E-state index in [1.807, 2.05) is 12.1 Å². The number of amides is 1. The zero-order valence-electron chi connectivity index (χ0n) is 17.9. The van der Waals surface area contributed by atoms with E-state index in [9.17, 15) is 4.79 Å². The van der Waals surface area contributed by atoms with Gasteiger partial charge in [0.15, 0.2) is 0 Å². The number of nitrogens with one attached hydrogen (secondary N) is 2. The summed E-state index contributed by atoms with van der Waals surface area (Å²) in [6.45, 7) is 3.36. The quantitative estimate of drug-likeness (QED) is 0.809. The van der Waals surface area contributed by atoms with Gasteiger partial charge in [0.1, 0.15) is 11.5 Å². The number of hydrogen-bond donors (Lipinski definition) is 2. The Bertz CT molecular complexity index is 879. The van der Waals surface area contributed by atoms with Gasteiger partial charge in [0.2, 0.25) is 5.91 Å². The minimum Gasteiger partial charge on any atom is -0.497 e. The van der Waals surface area contributed by atoms with Gasteiger partial charge >= 0.3 is 0 Å². The standard InChI is InChI=1S/C24H31N3O3/c1-29-20-12-18(13-21(14-20)30-2)17-27-10-5-8-24(9-11-27)15-23(28)25-16-19-6-3-4-7-22(19)26-24/h3-4,6-7,12-14,26H,5,8-11,15-17H2,1-2H3,(H,25,28). The molecule has 4 rings (SSSR count). The van der Waals surface area contributed by atoms with E-state index >= 15 is 0 Å². The Labute approximate surface area is 178 Å². The van der Waals surface area contributed by atoms with E-state index in [1.165, 1.54) is 5.56 Å². The summed E-state index contributed by atoms with van der Waals surface area (Å²) in [5.41, 5.74) is 3.26. The summed E-state index contributed by atoms with van der Waals surface area (Å²) in [6.07, 6.45) is 3.47. The number of carbonyl (C=O) groups is 1. The Morgan fingerprint density at radius 1 is 1.03 bits per heavy atom. The fraction of sp³-hybridized carbons (Fsp3) is 0.458. The molecule has 2 aromatic carbocycles. The molecule has 6 heteroatoms. The number of para-hydroxylation sites is 1. The van der Waals surface area contributed by atoms with Crippen molar-refractivity contribution in [3.05, 3.63) is 53.6 Å². The Kier molecular flexibility index (Phi) is 6.13. The highest BCUT2D eigenvalue weighted by Gasteiger charge is 2.36. The average Bonchev–Trinajstić information content (AvgIpc) is 2.94. The number of carbonyl (C=O) groups excluding carboxylic acids is 1. The van der Waals surface area contributed by atoms with Crippen molar-refractivity contribution in [2.75, 3.05) is 32.6 Å². The molecular formula is C24H31N3O3. The summed E-state index contributed by atoms with van der Waals surface area (Å²) in [7, 11) is 3.36. The van der Waals surface area contributed by atoms with Gasteiger partial charge in [0, 0.05) is 43.3 Å². The smallest absolute Gasteiger partial charge is 0.222 e. The third kappa shape index (κ3) is 4.70. The highest BCUT2D eigenvalue weighted by Crippen LogP contribution is 2.34. The lowest BCUT2D eigenvalue weighted by Crippen LogP contribution is -2.46. The summed E-state index contributed by atoms with van der Waals surface area (Å²) in [4.78, 5) is 15.0. The van der Waals surface area contributed by atoms with Crippen LogP contribution in [-0.2, 0) is 17.9 Å². The monoisotopic (exact) mass is 409 g/mol. The lowest BCUT2D eigenvalue weighted by Gasteiger charge is -2.37. The van der Waals surface area contributed by atoms with E-state index in [0.29, 0.717) is 13.0 Å². The van der Waals surface area contributed by atoms with Crippen molar-refractivity contribution in [2.45, 2.75) is 44.3 Å². The van der Waals surface area contributed by atoms with E-state index < -0.39 is 0 Å². The number of likely N-dealkylation sites (tertiary alicyclic amines) is 1. The van der Waals surface area contributed by atoms with Crippen LogP contribution in [0.4, 0.5) is 5.69 Å². The van der Waals surface area contributed by atoms with Crippen LogP contribution in [0.5, 0.6) is 11.5 Å². The summed E-state index contributed by atoms with van der Waals surface area (Å²) < 4.78 is 10.8. The van der Waals surface area contributed by atoms with Crippen LogP contribution >= 0.6 is 0 Å². The Morgan fingerprint density at radius 2 is 1.80 bits per heavy atom. The molecule has 160 valence electrons. The van der Waals surface area contributed by atoms with Crippen LogP contribution in [0.1, 0.15) is 36.8 Å². The molecule has 2 N–H and O–H groups in total. The molecule has 0 saturated carbocycles. The maximum atomic E-state index is 12.6. The largest absolute Gasteiger partial charge is 0.497 e. The van der Waals surface area contributed by atoms with Gasteiger partial charge in [-0.25, -0.2) is 0 Å². The minimum absolute atomic E-state index is 0.128. The summed E-state index contributed by atoms with van der Waals surface area (Å²) in [6, 6.07) is 14.3. The zero-order chi connectivity index (χ0) is 21.0. The first kappa shape index (κ1) is 20.5. The molecule has 6 nitrogen and oxygen atoms in total. The maximum absolute atomic E-state index is 12.6. The fourth-order valence-electron chi connectivity index (χ4n) is 4.62. The molecule has 1 amide bonds. The van der Waals surface area contributed by atoms with Crippen LogP contribution < -0.4 is 20.1 Å². The summed E-state index contributed by atoms with van der Waals surface area (Å²) in [5.74, 6) is 1.75. The van der Waals surface area contributed by atoms with E-state index in [0.717, 1.165) is 61.6 Å². The van der Waals surface area contributed by atoms with Gasteiger partial charge in [-0.05, 0) is 55.1 Å². The second kappa shape index (κ2) is 8.96. The van der Waals surface area contributed by atoms with E-state index in [-0.39, 0.29) is 11.4 Å². The predicted molar refractivity (Wildman–Crippen MR) is 118 cm³/mol. The lowest BCUT2D eigenvalue weighted by atomic mass is 9.85. The molecule has 1 fully saturated rings. The minimum atomic E-state index is -0.207. The number of methoxy groups -OCH3 is 2. The van der Waals surface area contributed by atoms with Crippen molar-refractivity contribution < 1.29 is 14.3 Å². The molecule has 0 radical (unpaired) electrons. The van der Waals surface area contributed by atoms with E-state index in [4.69, 9.17) is 9.47 Å². The third-order valence-electron chi connectivity index (χ3n) is 6.25. The Balaban J connectivity index is 1.50. The number of rotatable bonds is 4. The zero-order valence-corrected chi connectivity index (χ0v) is 17.9. The SMILES string of the molecule is COc1cc(CN2CCCC3(CC2)CC(=O)NCc2ccccc2N3)cc(OC)c1. The fourth-order valence-corrected chi connectivity index (χ4v) is 4.62. The van der Waals surface area contributed by atoms with Gasteiger partial charge in [0.25, 0.3) is 0 Å².